The van der Waals surface area contributed by atoms with Gasteiger partial charge in [0.05, 0.1) is 14.2 Å². The van der Waals surface area contributed by atoms with Gasteiger partial charge in [0.2, 0.25) is 0 Å². The highest BCUT2D eigenvalue weighted by atomic mass is 16.5. The van der Waals surface area contributed by atoms with Crippen LogP contribution in [0, 0.1) is 0 Å². The summed E-state index contributed by atoms with van der Waals surface area (Å²) in [6.07, 6.45) is 3.44. The van der Waals surface area contributed by atoms with E-state index in [0.717, 1.165) is 36.6 Å². The number of carbonyl (C=O) groups excluding carboxylic acids is 1. The zero-order valence-electron chi connectivity index (χ0n) is 14.3. The number of fused-ring (bicyclic) bond motifs is 3. The first-order valence-electron chi connectivity index (χ1n) is 7.92. The van der Waals surface area contributed by atoms with E-state index in [1.165, 1.54) is 11.1 Å². The van der Waals surface area contributed by atoms with Gasteiger partial charge in [0.1, 0.15) is 0 Å². The normalized spacial score (nSPS) is 22.5. The molecular formula is C18H24N2O3. The third-order valence-electron chi connectivity index (χ3n) is 4.64. The van der Waals surface area contributed by atoms with Gasteiger partial charge in [-0.05, 0) is 29.7 Å². The Balaban J connectivity index is 1.95. The third-order valence-corrected chi connectivity index (χ3v) is 4.64. The van der Waals surface area contributed by atoms with Crippen LogP contribution in [0.3, 0.4) is 0 Å². The molecule has 1 atom stereocenters. The Hall–Kier alpha value is -2.01. The van der Waals surface area contributed by atoms with E-state index in [1.807, 2.05) is 31.3 Å². The summed E-state index contributed by atoms with van der Waals surface area (Å²) in [6, 6.07) is 4.24. The van der Waals surface area contributed by atoms with Crippen LogP contribution in [0.2, 0.25) is 0 Å². The largest absolute Gasteiger partial charge is 0.493 e. The van der Waals surface area contributed by atoms with Crippen LogP contribution in [0.4, 0.5) is 0 Å². The number of ether oxygens (including phenoxy) is 2. The summed E-state index contributed by atoms with van der Waals surface area (Å²) >= 11 is 0. The van der Waals surface area contributed by atoms with Crippen molar-refractivity contribution in [2.24, 2.45) is 0 Å². The lowest BCUT2D eigenvalue weighted by molar-refractivity contribution is -0.119. The van der Waals surface area contributed by atoms with Crippen LogP contribution in [0.1, 0.15) is 23.6 Å². The Labute approximate surface area is 137 Å². The maximum absolute atomic E-state index is 12.5. The van der Waals surface area contributed by atoms with E-state index >= 15 is 0 Å². The lowest BCUT2D eigenvalue weighted by atomic mass is 9.84. The van der Waals surface area contributed by atoms with Crippen LogP contribution < -0.4 is 9.47 Å². The number of ketones is 1. The zero-order chi connectivity index (χ0) is 16.6. The first kappa shape index (κ1) is 15.9. The molecule has 0 N–H and O–H groups in total. The maximum atomic E-state index is 12.5. The summed E-state index contributed by atoms with van der Waals surface area (Å²) in [5.74, 6) is 1.73. The molecule has 5 heteroatoms. The third kappa shape index (κ3) is 2.93. The Bertz CT molecular complexity index is 652. The second-order valence-electron chi connectivity index (χ2n) is 6.39. The molecule has 1 aromatic rings. The van der Waals surface area contributed by atoms with Crippen molar-refractivity contribution >= 4 is 5.78 Å². The van der Waals surface area contributed by atoms with Gasteiger partial charge in [-0.1, -0.05) is 0 Å². The predicted molar refractivity (Wildman–Crippen MR) is 89.0 cm³/mol. The molecule has 1 fully saturated rings. The van der Waals surface area contributed by atoms with Gasteiger partial charge in [0, 0.05) is 51.4 Å². The van der Waals surface area contributed by atoms with Crippen molar-refractivity contribution in [3.8, 4) is 11.5 Å². The second kappa shape index (κ2) is 6.24. The van der Waals surface area contributed by atoms with Gasteiger partial charge < -0.3 is 14.4 Å². The Morgan fingerprint density at radius 2 is 1.91 bits per heavy atom. The molecule has 23 heavy (non-hydrogen) atoms. The van der Waals surface area contributed by atoms with Crippen molar-refractivity contribution in [2.75, 3.05) is 41.4 Å². The molecule has 124 valence electrons. The summed E-state index contributed by atoms with van der Waals surface area (Å²) in [5, 5.41) is 0. The van der Waals surface area contributed by atoms with Crippen LogP contribution >= 0.6 is 0 Å². The minimum atomic E-state index is 0.144. The van der Waals surface area contributed by atoms with Crippen molar-refractivity contribution in [1.82, 2.24) is 9.80 Å². The number of piperidine rings is 1. The number of hydrogen-bond acceptors (Lipinski definition) is 5. The first-order valence-corrected chi connectivity index (χ1v) is 7.92. The van der Waals surface area contributed by atoms with Crippen molar-refractivity contribution in [3.63, 3.8) is 0 Å². The monoisotopic (exact) mass is 316 g/mol. The molecule has 2 aliphatic rings. The van der Waals surface area contributed by atoms with Gasteiger partial charge in [0.25, 0.3) is 0 Å². The molecule has 3 rings (SSSR count). The molecule has 1 saturated heterocycles. The van der Waals surface area contributed by atoms with Gasteiger partial charge in [-0.25, -0.2) is 0 Å². The summed E-state index contributed by atoms with van der Waals surface area (Å²) in [6.45, 7) is 1.68. The first-order chi connectivity index (χ1) is 11.0. The molecule has 0 aromatic heterocycles. The topological polar surface area (TPSA) is 42.0 Å². The quantitative estimate of drug-likeness (QED) is 0.798. The van der Waals surface area contributed by atoms with Crippen LogP contribution in [0.25, 0.3) is 0 Å². The molecule has 0 bridgehead atoms. The molecule has 0 radical (unpaired) electrons. The number of Topliss-reactive ketones (excluding diaryl/α,β-unsaturated/α-hetero) is 1. The highest BCUT2D eigenvalue weighted by Crippen LogP contribution is 2.41. The molecular weight excluding hydrogens is 292 g/mol. The molecule has 0 unspecified atom stereocenters. The van der Waals surface area contributed by atoms with E-state index < -0.39 is 0 Å². The van der Waals surface area contributed by atoms with E-state index in [2.05, 4.69) is 11.0 Å². The molecule has 0 spiro atoms. The van der Waals surface area contributed by atoms with Gasteiger partial charge in [-0.2, -0.15) is 0 Å². The molecule has 0 saturated carbocycles. The summed E-state index contributed by atoms with van der Waals surface area (Å²) in [7, 11) is 7.21. The van der Waals surface area contributed by atoms with Crippen molar-refractivity contribution in [3.05, 3.63) is 35.0 Å². The number of carbonyl (C=O) groups is 1. The van der Waals surface area contributed by atoms with E-state index in [0.29, 0.717) is 6.42 Å². The fourth-order valence-electron chi connectivity index (χ4n) is 3.55. The second-order valence-corrected chi connectivity index (χ2v) is 6.39. The summed E-state index contributed by atoms with van der Waals surface area (Å²) in [4.78, 5) is 16.8. The van der Waals surface area contributed by atoms with Gasteiger partial charge in [0.15, 0.2) is 17.3 Å². The van der Waals surface area contributed by atoms with E-state index in [9.17, 15) is 4.79 Å². The Morgan fingerprint density at radius 1 is 1.22 bits per heavy atom. The molecule has 2 heterocycles. The lowest BCUT2D eigenvalue weighted by Gasteiger charge is -2.41. The van der Waals surface area contributed by atoms with Crippen LogP contribution in [0.5, 0.6) is 11.5 Å². The summed E-state index contributed by atoms with van der Waals surface area (Å²) < 4.78 is 10.8. The van der Waals surface area contributed by atoms with Gasteiger partial charge in [-0.3, -0.25) is 9.69 Å². The number of methoxy groups -OCH3 is 2. The molecule has 2 aliphatic heterocycles. The SMILES string of the molecule is COc1cc2c(cc1OC)[C@H]1CC(=O)C(=CN(C)C)CN1CC2. The highest BCUT2D eigenvalue weighted by molar-refractivity contribution is 5.97. The van der Waals surface area contributed by atoms with Crippen molar-refractivity contribution in [2.45, 2.75) is 18.9 Å². The molecule has 0 aliphatic carbocycles. The number of hydrogen-bond donors (Lipinski definition) is 0. The zero-order valence-corrected chi connectivity index (χ0v) is 14.3. The molecule has 0 amide bonds. The molecule has 1 aromatic carbocycles. The lowest BCUT2D eigenvalue weighted by Crippen LogP contribution is -2.43. The van der Waals surface area contributed by atoms with Gasteiger partial charge >= 0.3 is 0 Å². The maximum Gasteiger partial charge on any atom is 0.163 e. The predicted octanol–water partition coefficient (Wildman–Crippen LogP) is 2.02. The standard InChI is InChI=1S/C18H24N2O3/c1-19(2)10-13-11-20-6-5-12-7-17(22-3)18(23-4)8-14(12)15(20)9-16(13)21/h7-8,10,15H,5-6,9,11H2,1-4H3/t15-/m1/s1. The van der Waals surface area contributed by atoms with Crippen LogP contribution in [-0.4, -0.2) is 57.0 Å². The smallest absolute Gasteiger partial charge is 0.163 e. The molecule has 5 nitrogen and oxygen atoms in total. The van der Waals surface area contributed by atoms with Gasteiger partial charge in [-0.15, -0.1) is 0 Å². The fourth-order valence-corrected chi connectivity index (χ4v) is 3.55. The van der Waals surface area contributed by atoms with Crippen molar-refractivity contribution in [1.29, 1.82) is 0 Å². The van der Waals surface area contributed by atoms with Crippen LogP contribution in [-0.2, 0) is 11.2 Å². The average molecular weight is 316 g/mol. The minimum absolute atomic E-state index is 0.144. The average Bonchev–Trinajstić information content (AvgIpc) is 2.53. The highest BCUT2D eigenvalue weighted by Gasteiger charge is 2.36. The van der Waals surface area contributed by atoms with E-state index in [-0.39, 0.29) is 11.8 Å². The van der Waals surface area contributed by atoms with Crippen LogP contribution in [0.15, 0.2) is 23.9 Å². The van der Waals surface area contributed by atoms with E-state index in [4.69, 9.17) is 9.47 Å². The fraction of sp³-hybridized carbons (Fsp3) is 0.500. The minimum Gasteiger partial charge on any atom is -0.493 e. The summed E-state index contributed by atoms with van der Waals surface area (Å²) in [5.41, 5.74) is 3.36. The van der Waals surface area contributed by atoms with Crippen molar-refractivity contribution < 1.29 is 14.3 Å². The Morgan fingerprint density at radius 3 is 2.57 bits per heavy atom. The number of rotatable bonds is 3. The Kier molecular flexibility index (Phi) is 4.31. The number of nitrogens with zero attached hydrogens (tertiary/aromatic N) is 2. The van der Waals surface area contributed by atoms with E-state index in [1.54, 1.807) is 14.2 Å². The number of benzene rings is 1.